The average Bonchev–Trinajstić information content (AvgIpc) is 2.98. The Morgan fingerprint density at radius 3 is 2.33 bits per heavy atom. The Kier molecular flexibility index (Phi) is 4.91. The highest BCUT2D eigenvalue weighted by molar-refractivity contribution is 5.92. The van der Waals surface area contributed by atoms with Crippen LogP contribution in [0.25, 0.3) is 0 Å². The fourth-order valence-corrected chi connectivity index (χ4v) is 3.77. The van der Waals surface area contributed by atoms with Gasteiger partial charge < -0.3 is 15.7 Å². The molecule has 1 saturated heterocycles. The molecule has 1 atom stereocenters. The van der Waals surface area contributed by atoms with Crippen LogP contribution in [0.2, 0.25) is 0 Å². The highest BCUT2D eigenvalue weighted by Crippen LogP contribution is 2.35. The van der Waals surface area contributed by atoms with Crippen LogP contribution in [0.5, 0.6) is 0 Å². The number of carbonyl (C=O) groups is 2. The molecule has 1 heterocycles. The third-order valence-electron chi connectivity index (χ3n) is 5.58. The van der Waals surface area contributed by atoms with Crippen molar-refractivity contribution in [1.82, 2.24) is 10.6 Å². The molecule has 21 heavy (non-hydrogen) atoms. The molecule has 120 valence electrons. The summed E-state index contributed by atoms with van der Waals surface area (Å²) in [5.74, 6) is -0.409. The van der Waals surface area contributed by atoms with Gasteiger partial charge in [0.2, 0.25) is 5.91 Å². The van der Waals surface area contributed by atoms with E-state index < -0.39 is 17.0 Å². The van der Waals surface area contributed by atoms with Crippen LogP contribution in [0.15, 0.2) is 0 Å². The van der Waals surface area contributed by atoms with Crippen LogP contribution in [0.4, 0.5) is 0 Å². The summed E-state index contributed by atoms with van der Waals surface area (Å²) in [6, 6.07) is 0. The van der Waals surface area contributed by atoms with Gasteiger partial charge in [-0.15, -0.1) is 0 Å². The Morgan fingerprint density at radius 1 is 1.24 bits per heavy atom. The topological polar surface area (TPSA) is 78.4 Å². The van der Waals surface area contributed by atoms with Crippen molar-refractivity contribution in [3.8, 4) is 0 Å². The molecular weight excluding hydrogens is 268 g/mol. The first-order chi connectivity index (χ1) is 9.98. The SMILES string of the molecule is CCC1CCC(NC(=O)C2(CC)CCCN2)(C(=O)O)CC1. The van der Waals surface area contributed by atoms with Crippen molar-refractivity contribution in [3.63, 3.8) is 0 Å². The lowest BCUT2D eigenvalue weighted by Crippen LogP contribution is -2.63. The van der Waals surface area contributed by atoms with Gasteiger partial charge in [-0.2, -0.15) is 0 Å². The average molecular weight is 296 g/mol. The van der Waals surface area contributed by atoms with Crippen molar-refractivity contribution in [3.05, 3.63) is 0 Å². The van der Waals surface area contributed by atoms with Gasteiger partial charge in [0.05, 0.1) is 5.54 Å². The molecule has 1 aliphatic heterocycles. The first kappa shape index (κ1) is 16.3. The maximum Gasteiger partial charge on any atom is 0.329 e. The van der Waals surface area contributed by atoms with Crippen molar-refractivity contribution in [2.75, 3.05) is 6.54 Å². The second-order valence-corrected chi connectivity index (χ2v) is 6.66. The fraction of sp³-hybridized carbons (Fsp3) is 0.875. The molecule has 0 radical (unpaired) electrons. The molecular formula is C16H28N2O3. The lowest BCUT2D eigenvalue weighted by Gasteiger charge is -2.40. The third-order valence-corrected chi connectivity index (χ3v) is 5.58. The van der Waals surface area contributed by atoms with Crippen LogP contribution < -0.4 is 10.6 Å². The van der Waals surface area contributed by atoms with Gasteiger partial charge in [-0.3, -0.25) is 4.79 Å². The highest BCUT2D eigenvalue weighted by atomic mass is 16.4. The minimum absolute atomic E-state index is 0.125. The maximum atomic E-state index is 12.7. The van der Waals surface area contributed by atoms with Crippen LogP contribution in [0, 0.1) is 5.92 Å². The summed E-state index contributed by atoms with van der Waals surface area (Å²) in [5, 5.41) is 15.9. The summed E-state index contributed by atoms with van der Waals surface area (Å²) in [7, 11) is 0. The normalized spacial score (nSPS) is 36.4. The number of carboxylic acid groups (broad SMARTS) is 1. The molecule has 1 amide bonds. The summed E-state index contributed by atoms with van der Waals surface area (Å²) in [4.78, 5) is 24.5. The molecule has 1 aliphatic carbocycles. The van der Waals surface area contributed by atoms with E-state index in [-0.39, 0.29) is 5.91 Å². The van der Waals surface area contributed by atoms with E-state index in [0.29, 0.717) is 25.2 Å². The number of carbonyl (C=O) groups excluding carboxylic acids is 1. The van der Waals surface area contributed by atoms with E-state index in [1.54, 1.807) is 0 Å². The zero-order chi connectivity index (χ0) is 15.5. The van der Waals surface area contributed by atoms with Crippen molar-refractivity contribution in [2.24, 2.45) is 5.92 Å². The Labute approximate surface area is 126 Å². The van der Waals surface area contributed by atoms with Crippen LogP contribution in [0.1, 0.15) is 65.2 Å². The van der Waals surface area contributed by atoms with Gasteiger partial charge in [0.25, 0.3) is 0 Å². The van der Waals surface area contributed by atoms with Gasteiger partial charge in [0.15, 0.2) is 0 Å². The molecule has 0 aromatic carbocycles. The molecule has 5 heteroatoms. The van der Waals surface area contributed by atoms with Crippen molar-refractivity contribution >= 4 is 11.9 Å². The molecule has 0 aromatic rings. The Bertz CT molecular complexity index is 394. The van der Waals surface area contributed by atoms with Crippen molar-refractivity contribution < 1.29 is 14.7 Å². The number of nitrogens with one attached hydrogen (secondary N) is 2. The van der Waals surface area contributed by atoms with Crippen LogP contribution in [-0.4, -0.2) is 34.6 Å². The minimum atomic E-state index is -1.06. The highest BCUT2D eigenvalue weighted by Gasteiger charge is 2.47. The Morgan fingerprint density at radius 2 is 1.90 bits per heavy atom. The number of rotatable bonds is 5. The molecule has 1 saturated carbocycles. The molecule has 5 nitrogen and oxygen atoms in total. The number of aliphatic carboxylic acids is 1. The van der Waals surface area contributed by atoms with E-state index in [1.807, 2.05) is 6.92 Å². The quantitative estimate of drug-likeness (QED) is 0.725. The van der Waals surface area contributed by atoms with Crippen molar-refractivity contribution in [1.29, 1.82) is 0 Å². The fourth-order valence-electron chi connectivity index (χ4n) is 3.77. The first-order valence-electron chi connectivity index (χ1n) is 8.29. The molecule has 0 aromatic heterocycles. The molecule has 2 rings (SSSR count). The third kappa shape index (κ3) is 3.07. The summed E-state index contributed by atoms with van der Waals surface area (Å²) >= 11 is 0. The van der Waals surface area contributed by atoms with Gasteiger partial charge in [-0.05, 0) is 57.4 Å². The standard InChI is InChI=1S/C16H28N2O3/c1-3-12-6-9-16(10-7-12,14(20)21)18-13(19)15(4-2)8-5-11-17-15/h12,17H,3-11H2,1-2H3,(H,18,19)(H,20,21). The van der Waals surface area contributed by atoms with E-state index in [2.05, 4.69) is 17.6 Å². The number of carboxylic acids is 1. The second-order valence-electron chi connectivity index (χ2n) is 6.66. The van der Waals surface area contributed by atoms with E-state index in [1.165, 1.54) is 0 Å². The smallest absolute Gasteiger partial charge is 0.329 e. The van der Waals surface area contributed by atoms with Crippen molar-refractivity contribution in [2.45, 2.75) is 76.3 Å². The number of amides is 1. The Hall–Kier alpha value is -1.10. The lowest BCUT2D eigenvalue weighted by atomic mass is 9.75. The van der Waals surface area contributed by atoms with E-state index in [9.17, 15) is 14.7 Å². The van der Waals surface area contributed by atoms with Gasteiger partial charge >= 0.3 is 5.97 Å². The predicted molar refractivity (Wildman–Crippen MR) is 81.0 cm³/mol. The molecule has 2 fully saturated rings. The van der Waals surface area contributed by atoms with E-state index in [4.69, 9.17) is 0 Å². The monoisotopic (exact) mass is 296 g/mol. The zero-order valence-electron chi connectivity index (χ0n) is 13.2. The minimum Gasteiger partial charge on any atom is -0.480 e. The Balaban J connectivity index is 2.10. The number of hydrogen-bond acceptors (Lipinski definition) is 3. The largest absolute Gasteiger partial charge is 0.480 e. The number of hydrogen-bond donors (Lipinski definition) is 3. The zero-order valence-corrected chi connectivity index (χ0v) is 13.2. The van der Waals surface area contributed by atoms with E-state index >= 15 is 0 Å². The summed E-state index contributed by atoms with van der Waals surface area (Å²) in [5.41, 5.74) is -1.63. The van der Waals surface area contributed by atoms with E-state index in [0.717, 1.165) is 38.6 Å². The van der Waals surface area contributed by atoms with Gasteiger partial charge in [0, 0.05) is 0 Å². The summed E-state index contributed by atoms with van der Waals surface area (Å²) < 4.78 is 0. The predicted octanol–water partition coefficient (Wildman–Crippen LogP) is 2.06. The molecule has 3 N–H and O–H groups in total. The lowest BCUT2D eigenvalue weighted by molar-refractivity contribution is -0.151. The maximum absolute atomic E-state index is 12.7. The van der Waals surface area contributed by atoms with Gasteiger partial charge in [-0.1, -0.05) is 20.3 Å². The summed E-state index contributed by atoms with van der Waals surface area (Å²) in [6.45, 7) is 4.96. The molecule has 0 bridgehead atoms. The second kappa shape index (κ2) is 6.34. The molecule has 2 aliphatic rings. The van der Waals surface area contributed by atoms with Crippen LogP contribution in [-0.2, 0) is 9.59 Å². The molecule has 0 spiro atoms. The first-order valence-corrected chi connectivity index (χ1v) is 8.29. The van der Waals surface area contributed by atoms with Crippen LogP contribution >= 0.6 is 0 Å². The van der Waals surface area contributed by atoms with Gasteiger partial charge in [0.1, 0.15) is 5.54 Å². The van der Waals surface area contributed by atoms with Crippen LogP contribution in [0.3, 0.4) is 0 Å². The summed E-state index contributed by atoms with van der Waals surface area (Å²) in [6.07, 6.45) is 6.42. The molecule has 1 unspecified atom stereocenters. The van der Waals surface area contributed by atoms with Gasteiger partial charge in [-0.25, -0.2) is 4.79 Å².